The van der Waals surface area contributed by atoms with Gasteiger partial charge in [-0.1, -0.05) is 44.5 Å². The standard InChI is InChI=1S/C25H33N2/c1-17-11-12-18(2)21(15-17)24-26(6)23-16-19(25(3,4)5)13-14-22(23)27(24)20-9-7-8-10-20/h11-16,20H,7-10H2,1-6H3/q+1. The fourth-order valence-corrected chi connectivity index (χ4v) is 4.67. The number of hydrogen-bond acceptors (Lipinski definition) is 0. The van der Waals surface area contributed by atoms with E-state index >= 15 is 0 Å². The molecule has 2 aromatic carbocycles. The van der Waals surface area contributed by atoms with E-state index in [-0.39, 0.29) is 5.41 Å². The number of aryl methyl sites for hydroxylation is 3. The molecule has 1 aliphatic rings. The molecule has 0 radical (unpaired) electrons. The second-order valence-electron chi connectivity index (χ2n) is 9.46. The van der Waals surface area contributed by atoms with Gasteiger partial charge in [-0.15, -0.1) is 0 Å². The first-order valence-corrected chi connectivity index (χ1v) is 10.4. The molecule has 0 atom stereocenters. The van der Waals surface area contributed by atoms with E-state index in [1.54, 1.807) is 0 Å². The van der Waals surface area contributed by atoms with Crippen LogP contribution in [0.4, 0.5) is 0 Å². The van der Waals surface area contributed by atoms with E-state index < -0.39 is 0 Å². The highest BCUT2D eigenvalue weighted by Crippen LogP contribution is 2.38. The Hall–Kier alpha value is -2.09. The molecular weight excluding hydrogens is 328 g/mol. The van der Waals surface area contributed by atoms with Crippen LogP contribution in [0.15, 0.2) is 36.4 Å². The molecule has 1 saturated carbocycles. The quantitative estimate of drug-likeness (QED) is 0.483. The maximum atomic E-state index is 2.65. The number of nitrogens with zero attached hydrogens (tertiary/aromatic N) is 2. The summed E-state index contributed by atoms with van der Waals surface area (Å²) in [7, 11) is 2.25. The first-order valence-electron chi connectivity index (χ1n) is 10.4. The Kier molecular flexibility index (Phi) is 4.41. The summed E-state index contributed by atoms with van der Waals surface area (Å²) < 4.78 is 5.08. The lowest BCUT2D eigenvalue weighted by molar-refractivity contribution is -0.634. The van der Waals surface area contributed by atoms with Gasteiger partial charge in [0.15, 0.2) is 11.0 Å². The first kappa shape index (κ1) is 18.3. The smallest absolute Gasteiger partial charge is 0.226 e. The van der Waals surface area contributed by atoms with Crippen LogP contribution in [0.2, 0.25) is 0 Å². The third-order valence-corrected chi connectivity index (χ3v) is 6.33. The SMILES string of the molecule is Cc1ccc(C)c(-c2n(C3CCCC3)c3ccc(C(C)(C)C)cc3[n+]2C)c1. The first-order chi connectivity index (χ1) is 12.8. The van der Waals surface area contributed by atoms with Crippen LogP contribution >= 0.6 is 0 Å². The van der Waals surface area contributed by atoms with Crippen LogP contribution in [0.3, 0.4) is 0 Å². The Bertz CT molecular complexity index is 995. The van der Waals surface area contributed by atoms with E-state index in [0.29, 0.717) is 6.04 Å². The topological polar surface area (TPSA) is 8.81 Å². The molecule has 4 rings (SSSR count). The van der Waals surface area contributed by atoms with Crippen molar-refractivity contribution in [1.82, 2.24) is 4.57 Å². The molecule has 0 aliphatic heterocycles. The fourth-order valence-electron chi connectivity index (χ4n) is 4.67. The van der Waals surface area contributed by atoms with Crippen LogP contribution in [-0.2, 0) is 12.5 Å². The van der Waals surface area contributed by atoms with Gasteiger partial charge in [0.25, 0.3) is 5.82 Å². The van der Waals surface area contributed by atoms with Crippen molar-refractivity contribution in [2.75, 3.05) is 0 Å². The molecule has 1 aliphatic carbocycles. The van der Waals surface area contributed by atoms with Gasteiger partial charge in [0, 0.05) is 0 Å². The van der Waals surface area contributed by atoms with Crippen LogP contribution in [0.5, 0.6) is 0 Å². The highest BCUT2D eigenvalue weighted by Gasteiger charge is 2.33. The lowest BCUT2D eigenvalue weighted by Gasteiger charge is -2.18. The Balaban J connectivity index is 2.05. The molecule has 27 heavy (non-hydrogen) atoms. The summed E-state index contributed by atoms with van der Waals surface area (Å²) in [6.45, 7) is 11.3. The molecule has 142 valence electrons. The van der Waals surface area contributed by atoms with Crippen molar-refractivity contribution >= 4 is 11.0 Å². The van der Waals surface area contributed by atoms with E-state index in [1.807, 2.05) is 0 Å². The molecule has 3 aromatic rings. The third kappa shape index (κ3) is 3.09. The van der Waals surface area contributed by atoms with E-state index in [2.05, 4.69) is 87.2 Å². The van der Waals surface area contributed by atoms with Gasteiger partial charge in [0.1, 0.15) is 6.04 Å². The molecule has 0 saturated heterocycles. The Morgan fingerprint density at radius 2 is 1.67 bits per heavy atom. The zero-order chi connectivity index (χ0) is 19.3. The summed E-state index contributed by atoms with van der Waals surface area (Å²) in [4.78, 5) is 0. The normalized spacial score (nSPS) is 15.8. The molecule has 1 fully saturated rings. The van der Waals surface area contributed by atoms with E-state index in [0.717, 1.165) is 0 Å². The van der Waals surface area contributed by atoms with Gasteiger partial charge >= 0.3 is 0 Å². The van der Waals surface area contributed by atoms with E-state index in [1.165, 1.54) is 64.8 Å². The van der Waals surface area contributed by atoms with E-state index in [9.17, 15) is 0 Å². The van der Waals surface area contributed by atoms with Crippen LogP contribution < -0.4 is 4.57 Å². The minimum atomic E-state index is 0.163. The van der Waals surface area contributed by atoms with Gasteiger partial charge in [0.2, 0.25) is 0 Å². The van der Waals surface area contributed by atoms with Crippen molar-refractivity contribution in [1.29, 1.82) is 0 Å². The van der Waals surface area contributed by atoms with Gasteiger partial charge in [-0.2, -0.15) is 0 Å². The molecule has 0 unspecified atom stereocenters. The minimum Gasteiger partial charge on any atom is -0.226 e. The number of aromatic nitrogens is 2. The number of hydrogen-bond donors (Lipinski definition) is 0. The van der Waals surface area contributed by atoms with Crippen molar-refractivity contribution in [3.05, 3.63) is 53.1 Å². The highest BCUT2D eigenvalue weighted by molar-refractivity contribution is 5.78. The van der Waals surface area contributed by atoms with Crippen LogP contribution in [0.1, 0.15) is 69.2 Å². The van der Waals surface area contributed by atoms with Crippen molar-refractivity contribution in [2.24, 2.45) is 7.05 Å². The Labute approximate surface area is 163 Å². The van der Waals surface area contributed by atoms with Crippen LogP contribution in [0, 0.1) is 13.8 Å². The molecule has 0 amide bonds. The lowest BCUT2D eigenvalue weighted by Crippen LogP contribution is -2.31. The molecule has 1 heterocycles. The molecule has 2 nitrogen and oxygen atoms in total. The minimum absolute atomic E-state index is 0.163. The number of rotatable bonds is 2. The second kappa shape index (κ2) is 6.51. The van der Waals surface area contributed by atoms with Crippen molar-refractivity contribution in [3.8, 4) is 11.4 Å². The van der Waals surface area contributed by atoms with Gasteiger partial charge < -0.3 is 0 Å². The fraction of sp³-hybridized carbons (Fsp3) is 0.480. The Morgan fingerprint density at radius 3 is 2.33 bits per heavy atom. The lowest BCUT2D eigenvalue weighted by atomic mass is 9.87. The maximum Gasteiger partial charge on any atom is 0.290 e. The zero-order valence-corrected chi connectivity index (χ0v) is 17.8. The number of fused-ring (bicyclic) bond motifs is 1. The molecule has 1 aromatic heterocycles. The predicted molar refractivity (Wildman–Crippen MR) is 114 cm³/mol. The summed E-state index contributed by atoms with van der Waals surface area (Å²) >= 11 is 0. The second-order valence-corrected chi connectivity index (χ2v) is 9.46. The van der Waals surface area contributed by atoms with Gasteiger partial charge in [-0.05, 0) is 74.3 Å². The average molecular weight is 362 g/mol. The third-order valence-electron chi connectivity index (χ3n) is 6.33. The van der Waals surface area contributed by atoms with E-state index in [4.69, 9.17) is 0 Å². The zero-order valence-electron chi connectivity index (χ0n) is 17.8. The van der Waals surface area contributed by atoms with Crippen molar-refractivity contribution < 1.29 is 4.57 Å². The molecule has 0 bridgehead atoms. The van der Waals surface area contributed by atoms with Crippen molar-refractivity contribution in [3.63, 3.8) is 0 Å². The number of benzene rings is 2. The summed E-state index contributed by atoms with van der Waals surface area (Å²) in [5.74, 6) is 1.36. The predicted octanol–water partition coefficient (Wildman–Crippen LogP) is 6.16. The summed E-state index contributed by atoms with van der Waals surface area (Å²) in [5.41, 5.74) is 8.36. The maximum absolute atomic E-state index is 2.65. The average Bonchev–Trinajstić information content (AvgIpc) is 3.22. The van der Waals surface area contributed by atoms with Gasteiger partial charge in [-0.3, -0.25) is 0 Å². The Morgan fingerprint density at radius 1 is 0.963 bits per heavy atom. The summed E-state index contributed by atoms with van der Waals surface area (Å²) in [6, 6.07) is 14.6. The van der Waals surface area contributed by atoms with Crippen LogP contribution in [0.25, 0.3) is 22.4 Å². The highest BCUT2D eigenvalue weighted by atomic mass is 15.2. The monoisotopic (exact) mass is 361 g/mol. The van der Waals surface area contributed by atoms with Gasteiger partial charge in [-0.25, -0.2) is 9.13 Å². The summed E-state index contributed by atoms with van der Waals surface area (Å²) in [6.07, 6.45) is 5.28. The summed E-state index contributed by atoms with van der Waals surface area (Å²) in [5, 5.41) is 0. The number of imidazole rings is 1. The van der Waals surface area contributed by atoms with Gasteiger partial charge in [0.05, 0.1) is 12.6 Å². The molecule has 2 heteroatoms. The largest absolute Gasteiger partial charge is 0.290 e. The van der Waals surface area contributed by atoms with Crippen LogP contribution in [-0.4, -0.2) is 4.57 Å². The van der Waals surface area contributed by atoms with Crippen molar-refractivity contribution in [2.45, 2.75) is 71.8 Å². The molecule has 0 spiro atoms. The molecule has 0 N–H and O–H groups in total. The molecular formula is C25H33N2+.